The Balaban J connectivity index is 2.08. The van der Waals surface area contributed by atoms with E-state index in [-0.39, 0.29) is 0 Å². The van der Waals surface area contributed by atoms with Crippen molar-refractivity contribution in [3.8, 4) is 0 Å². The third-order valence-corrected chi connectivity index (χ3v) is 3.29. The molecule has 1 fully saturated rings. The van der Waals surface area contributed by atoms with E-state index in [1.807, 2.05) is 6.20 Å². The van der Waals surface area contributed by atoms with Crippen LogP contribution >= 0.6 is 0 Å². The summed E-state index contributed by atoms with van der Waals surface area (Å²) >= 11 is 0. The molecule has 1 aliphatic heterocycles. The van der Waals surface area contributed by atoms with Crippen LogP contribution in [0.4, 0.5) is 0 Å². The normalized spacial score (nSPS) is 21.3. The van der Waals surface area contributed by atoms with Crippen molar-refractivity contribution in [1.82, 2.24) is 14.9 Å². The summed E-state index contributed by atoms with van der Waals surface area (Å²) in [5.74, 6) is 0.650. The van der Waals surface area contributed by atoms with Crippen LogP contribution in [0.15, 0.2) is 24.5 Å². The molecule has 0 radical (unpaired) electrons. The molecule has 1 saturated heterocycles. The second-order valence-corrected chi connectivity index (χ2v) is 4.29. The number of rotatable bonds is 1. The van der Waals surface area contributed by atoms with Crippen LogP contribution in [0.25, 0.3) is 11.0 Å². The maximum absolute atomic E-state index is 4.50. The van der Waals surface area contributed by atoms with E-state index in [9.17, 15) is 0 Å². The Morgan fingerprint density at radius 1 is 1.53 bits per heavy atom. The van der Waals surface area contributed by atoms with Crippen molar-refractivity contribution in [2.24, 2.45) is 7.05 Å². The predicted octanol–water partition coefficient (Wildman–Crippen LogP) is 1.65. The molecule has 0 aliphatic carbocycles. The van der Waals surface area contributed by atoms with E-state index in [1.165, 1.54) is 17.5 Å². The van der Waals surface area contributed by atoms with Gasteiger partial charge in [0.15, 0.2) is 0 Å². The summed E-state index contributed by atoms with van der Waals surface area (Å²) in [6, 6.07) is 4.34. The van der Waals surface area contributed by atoms with Crippen LogP contribution in [-0.4, -0.2) is 22.6 Å². The molecule has 1 unspecified atom stereocenters. The Labute approximate surface area is 89.1 Å². The van der Waals surface area contributed by atoms with Gasteiger partial charge >= 0.3 is 0 Å². The molecule has 0 amide bonds. The van der Waals surface area contributed by atoms with Crippen molar-refractivity contribution in [1.29, 1.82) is 0 Å². The van der Waals surface area contributed by atoms with Gasteiger partial charge in [0.2, 0.25) is 0 Å². The fourth-order valence-electron chi connectivity index (χ4n) is 2.32. The molecule has 0 bridgehead atoms. The maximum Gasteiger partial charge on any atom is 0.0881 e. The summed E-state index contributed by atoms with van der Waals surface area (Å²) in [5, 5.41) is 3.39. The highest BCUT2D eigenvalue weighted by atomic mass is 14.9. The van der Waals surface area contributed by atoms with Crippen LogP contribution < -0.4 is 5.32 Å². The topological polar surface area (TPSA) is 29.9 Å². The summed E-state index contributed by atoms with van der Waals surface area (Å²) in [7, 11) is 2.07. The standard InChI is InChI=1S/C12H15N3/c1-15-5-3-11-12(15)6-10(8-14-11)9-2-4-13-7-9/h3,5-6,8-9,13H,2,4,7H2,1H3. The van der Waals surface area contributed by atoms with E-state index in [1.54, 1.807) is 0 Å². The molecule has 0 spiro atoms. The summed E-state index contributed by atoms with van der Waals surface area (Å²) < 4.78 is 2.13. The molecule has 3 nitrogen and oxygen atoms in total. The molecule has 78 valence electrons. The van der Waals surface area contributed by atoms with Crippen molar-refractivity contribution >= 4 is 11.0 Å². The first-order valence-electron chi connectivity index (χ1n) is 5.46. The molecular formula is C12H15N3. The van der Waals surface area contributed by atoms with Crippen molar-refractivity contribution < 1.29 is 0 Å². The van der Waals surface area contributed by atoms with Gasteiger partial charge < -0.3 is 9.88 Å². The van der Waals surface area contributed by atoms with Gasteiger partial charge in [0.05, 0.1) is 11.0 Å². The first-order valence-corrected chi connectivity index (χ1v) is 5.46. The zero-order chi connectivity index (χ0) is 10.3. The third kappa shape index (κ3) is 1.43. The summed E-state index contributed by atoms with van der Waals surface area (Å²) in [6.45, 7) is 2.23. The molecule has 0 aromatic carbocycles. The third-order valence-electron chi connectivity index (χ3n) is 3.29. The van der Waals surface area contributed by atoms with E-state index in [2.05, 4.69) is 40.2 Å². The average Bonchev–Trinajstić information content (AvgIpc) is 2.88. The van der Waals surface area contributed by atoms with E-state index < -0.39 is 0 Å². The van der Waals surface area contributed by atoms with Gasteiger partial charge in [-0.05, 0) is 36.6 Å². The minimum atomic E-state index is 0.650. The Morgan fingerprint density at radius 3 is 3.27 bits per heavy atom. The van der Waals surface area contributed by atoms with Gasteiger partial charge in [0, 0.05) is 26.0 Å². The molecule has 1 aliphatic rings. The molecule has 3 rings (SSSR count). The Hall–Kier alpha value is -1.35. The SMILES string of the molecule is Cn1ccc2ncc(C3CCNC3)cc21. The van der Waals surface area contributed by atoms with E-state index >= 15 is 0 Å². The van der Waals surface area contributed by atoms with Gasteiger partial charge in [0.1, 0.15) is 0 Å². The van der Waals surface area contributed by atoms with Gasteiger partial charge in [0.25, 0.3) is 0 Å². The molecule has 1 N–H and O–H groups in total. The molecule has 15 heavy (non-hydrogen) atoms. The van der Waals surface area contributed by atoms with Crippen LogP contribution in [0.1, 0.15) is 17.9 Å². The smallest absolute Gasteiger partial charge is 0.0881 e. The second-order valence-electron chi connectivity index (χ2n) is 4.29. The number of nitrogens with zero attached hydrogens (tertiary/aromatic N) is 2. The predicted molar refractivity (Wildman–Crippen MR) is 60.9 cm³/mol. The van der Waals surface area contributed by atoms with Crippen LogP contribution in [-0.2, 0) is 7.05 Å². The molecular weight excluding hydrogens is 186 g/mol. The van der Waals surface area contributed by atoms with E-state index in [0.717, 1.165) is 18.6 Å². The number of aromatic nitrogens is 2. The number of hydrogen-bond donors (Lipinski definition) is 1. The van der Waals surface area contributed by atoms with E-state index in [4.69, 9.17) is 0 Å². The van der Waals surface area contributed by atoms with Gasteiger partial charge in [-0.2, -0.15) is 0 Å². The molecule has 3 heteroatoms. The van der Waals surface area contributed by atoms with Crippen LogP contribution in [0, 0.1) is 0 Å². The van der Waals surface area contributed by atoms with Crippen LogP contribution in [0.3, 0.4) is 0 Å². The lowest BCUT2D eigenvalue weighted by atomic mass is 10.0. The number of pyridine rings is 1. The molecule has 0 saturated carbocycles. The summed E-state index contributed by atoms with van der Waals surface area (Å²) in [6.07, 6.45) is 5.33. The Kier molecular flexibility index (Phi) is 1.99. The fourth-order valence-corrected chi connectivity index (χ4v) is 2.32. The zero-order valence-corrected chi connectivity index (χ0v) is 8.90. The molecule has 2 aromatic heterocycles. The van der Waals surface area contributed by atoms with E-state index in [0.29, 0.717) is 5.92 Å². The minimum absolute atomic E-state index is 0.650. The molecule has 1 atom stereocenters. The lowest BCUT2D eigenvalue weighted by Crippen LogP contribution is -2.08. The highest BCUT2D eigenvalue weighted by Crippen LogP contribution is 2.24. The Bertz CT molecular complexity index is 481. The highest BCUT2D eigenvalue weighted by Gasteiger charge is 2.17. The molecule has 3 heterocycles. The van der Waals surface area contributed by atoms with Gasteiger partial charge in [-0.15, -0.1) is 0 Å². The number of fused-ring (bicyclic) bond motifs is 1. The first-order chi connectivity index (χ1) is 7.34. The van der Waals surface area contributed by atoms with Crippen molar-refractivity contribution in [3.63, 3.8) is 0 Å². The highest BCUT2D eigenvalue weighted by molar-refractivity contribution is 5.76. The summed E-state index contributed by atoms with van der Waals surface area (Å²) in [5.41, 5.74) is 3.70. The van der Waals surface area contributed by atoms with Crippen molar-refractivity contribution in [2.75, 3.05) is 13.1 Å². The average molecular weight is 201 g/mol. The van der Waals surface area contributed by atoms with Gasteiger partial charge in [-0.25, -0.2) is 0 Å². The maximum atomic E-state index is 4.50. The zero-order valence-electron chi connectivity index (χ0n) is 8.90. The monoisotopic (exact) mass is 201 g/mol. The first kappa shape index (κ1) is 8.92. The lowest BCUT2D eigenvalue weighted by molar-refractivity contribution is 0.760. The fraction of sp³-hybridized carbons (Fsp3) is 0.417. The Morgan fingerprint density at radius 2 is 2.47 bits per heavy atom. The lowest BCUT2D eigenvalue weighted by Gasteiger charge is -2.08. The second kappa shape index (κ2) is 3.35. The minimum Gasteiger partial charge on any atom is -0.349 e. The van der Waals surface area contributed by atoms with Crippen LogP contribution in [0.5, 0.6) is 0 Å². The van der Waals surface area contributed by atoms with Crippen molar-refractivity contribution in [2.45, 2.75) is 12.3 Å². The van der Waals surface area contributed by atoms with Crippen molar-refractivity contribution in [3.05, 3.63) is 30.1 Å². The number of hydrogen-bond acceptors (Lipinski definition) is 2. The van der Waals surface area contributed by atoms with Gasteiger partial charge in [-0.1, -0.05) is 0 Å². The summed E-state index contributed by atoms with van der Waals surface area (Å²) in [4.78, 5) is 4.50. The quantitative estimate of drug-likeness (QED) is 0.760. The largest absolute Gasteiger partial charge is 0.349 e. The number of aryl methyl sites for hydroxylation is 1. The molecule has 2 aromatic rings. The number of nitrogens with one attached hydrogen (secondary N) is 1. The van der Waals surface area contributed by atoms with Crippen LogP contribution in [0.2, 0.25) is 0 Å². The van der Waals surface area contributed by atoms with Gasteiger partial charge in [-0.3, -0.25) is 4.98 Å².